The van der Waals surface area contributed by atoms with Gasteiger partial charge >= 0.3 is 0 Å². The summed E-state index contributed by atoms with van der Waals surface area (Å²) in [7, 11) is 0. The molecule has 1 aromatic rings. The van der Waals surface area contributed by atoms with E-state index in [0.717, 1.165) is 25.1 Å². The van der Waals surface area contributed by atoms with E-state index in [1.807, 2.05) is 35.2 Å². The van der Waals surface area contributed by atoms with E-state index in [2.05, 4.69) is 13.8 Å². The van der Waals surface area contributed by atoms with Crippen molar-refractivity contribution in [1.82, 2.24) is 4.90 Å². The number of hydrogen-bond donors (Lipinski definition) is 0. The minimum atomic E-state index is -0.551. The number of nitrogens with zero attached hydrogens (tertiary/aromatic N) is 1. The molecule has 1 amide bonds. The number of hydrogen-bond acceptors (Lipinski definition) is 1. The van der Waals surface area contributed by atoms with E-state index in [0.29, 0.717) is 0 Å². The fraction of sp³-hybridized carbons (Fsp3) is 0.500. The van der Waals surface area contributed by atoms with E-state index in [4.69, 9.17) is 11.6 Å². The van der Waals surface area contributed by atoms with Gasteiger partial charge in [0.15, 0.2) is 0 Å². The second kappa shape index (κ2) is 4.69. The summed E-state index contributed by atoms with van der Waals surface area (Å²) in [6.07, 6.45) is 1.05. The lowest BCUT2D eigenvalue weighted by Gasteiger charge is -2.22. The first-order chi connectivity index (χ1) is 7.99. The Balaban J connectivity index is 2.06. The van der Waals surface area contributed by atoms with Gasteiger partial charge in [0.05, 0.1) is 0 Å². The van der Waals surface area contributed by atoms with Crippen LogP contribution < -0.4 is 0 Å². The lowest BCUT2D eigenvalue weighted by atomic mass is 9.93. The third-order valence-corrected chi connectivity index (χ3v) is 3.74. The molecular weight excluding hydrogens is 234 g/mol. The van der Waals surface area contributed by atoms with Crippen molar-refractivity contribution in [2.45, 2.75) is 25.6 Å². The average Bonchev–Trinajstić information content (AvgIpc) is 2.69. The van der Waals surface area contributed by atoms with Crippen LogP contribution >= 0.6 is 11.6 Å². The zero-order valence-corrected chi connectivity index (χ0v) is 11.1. The standard InChI is InChI=1S/C14H18ClNO/c1-14(2)8-9-16(10-14)13(17)12(15)11-6-4-3-5-7-11/h3-7,12H,8-10H2,1-2H3. The number of rotatable bonds is 2. The van der Waals surface area contributed by atoms with Gasteiger partial charge in [-0.15, -0.1) is 11.6 Å². The highest BCUT2D eigenvalue weighted by Gasteiger charge is 2.34. The number of halogens is 1. The van der Waals surface area contributed by atoms with Gasteiger partial charge in [-0.3, -0.25) is 4.79 Å². The van der Waals surface area contributed by atoms with Crippen LogP contribution in [0.1, 0.15) is 31.2 Å². The molecule has 0 bridgehead atoms. The van der Waals surface area contributed by atoms with Gasteiger partial charge in [0, 0.05) is 13.1 Å². The topological polar surface area (TPSA) is 20.3 Å². The van der Waals surface area contributed by atoms with Crippen molar-refractivity contribution >= 4 is 17.5 Å². The average molecular weight is 252 g/mol. The monoisotopic (exact) mass is 251 g/mol. The van der Waals surface area contributed by atoms with Crippen LogP contribution in [-0.4, -0.2) is 23.9 Å². The second-order valence-corrected chi connectivity index (χ2v) is 5.88. The van der Waals surface area contributed by atoms with Crippen LogP contribution in [0.25, 0.3) is 0 Å². The van der Waals surface area contributed by atoms with Crippen LogP contribution in [-0.2, 0) is 4.79 Å². The normalized spacial score (nSPS) is 20.3. The second-order valence-electron chi connectivity index (χ2n) is 5.45. The lowest BCUT2D eigenvalue weighted by Crippen LogP contribution is -2.32. The Morgan fingerprint density at radius 1 is 1.35 bits per heavy atom. The Kier molecular flexibility index (Phi) is 3.43. The van der Waals surface area contributed by atoms with E-state index in [9.17, 15) is 4.79 Å². The Labute approximate surface area is 108 Å². The van der Waals surface area contributed by atoms with Gasteiger partial charge in [0.2, 0.25) is 5.91 Å². The van der Waals surface area contributed by atoms with Crippen LogP contribution in [0, 0.1) is 5.41 Å². The zero-order valence-electron chi connectivity index (χ0n) is 10.3. The first kappa shape index (κ1) is 12.4. The predicted molar refractivity (Wildman–Crippen MR) is 70.0 cm³/mol. The Morgan fingerprint density at radius 2 is 2.00 bits per heavy atom. The molecule has 2 nitrogen and oxygen atoms in total. The highest BCUT2D eigenvalue weighted by atomic mass is 35.5. The van der Waals surface area contributed by atoms with Crippen LogP contribution in [0.4, 0.5) is 0 Å². The quantitative estimate of drug-likeness (QED) is 0.739. The van der Waals surface area contributed by atoms with Crippen LogP contribution in [0.5, 0.6) is 0 Å². The fourth-order valence-corrected chi connectivity index (χ4v) is 2.51. The summed E-state index contributed by atoms with van der Waals surface area (Å²) in [5.41, 5.74) is 1.10. The first-order valence-corrected chi connectivity index (χ1v) is 6.41. The summed E-state index contributed by atoms with van der Waals surface area (Å²) in [4.78, 5) is 14.1. The van der Waals surface area contributed by atoms with Gasteiger partial charge in [-0.2, -0.15) is 0 Å². The maximum atomic E-state index is 12.2. The van der Waals surface area contributed by atoms with E-state index < -0.39 is 5.38 Å². The molecule has 92 valence electrons. The van der Waals surface area contributed by atoms with Crippen LogP contribution in [0.2, 0.25) is 0 Å². The number of carbonyl (C=O) groups is 1. The first-order valence-electron chi connectivity index (χ1n) is 5.97. The summed E-state index contributed by atoms with van der Waals surface area (Å²) < 4.78 is 0. The van der Waals surface area contributed by atoms with Crippen molar-refractivity contribution in [2.24, 2.45) is 5.41 Å². The largest absolute Gasteiger partial charge is 0.341 e. The van der Waals surface area contributed by atoms with E-state index in [-0.39, 0.29) is 11.3 Å². The van der Waals surface area contributed by atoms with Gasteiger partial charge in [-0.1, -0.05) is 44.2 Å². The molecule has 0 N–H and O–H groups in total. The number of carbonyl (C=O) groups excluding carboxylic acids is 1. The van der Waals surface area contributed by atoms with E-state index in [1.165, 1.54) is 0 Å². The minimum Gasteiger partial charge on any atom is -0.341 e. The molecular formula is C14H18ClNO. The minimum absolute atomic E-state index is 0.0310. The van der Waals surface area contributed by atoms with E-state index >= 15 is 0 Å². The SMILES string of the molecule is CC1(C)CCN(C(=O)C(Cl)c2ccccc2)C1. The van der Waals surface area contributed by atoms with Gasteiger partial charge < -0.3 is 4.90 Å². The van der Waals surface area contributed by atoms with Crippen LogP contribution in [0.15, 0.2) is 30.3 Å². The highest BCUT2D eigenvalue weighted by Crippen LogP contribution is 2.32. The molecule has 0 spiro atoms. The summed E-state index contributed by atoms with van der Waals surface area (Å²) in [6.45, 7) is 6.00. The molecule has 1 atom stereocenters. The zero-order chi connectivity index (χ0) is 12.5. The molecule has 1 aliphatic heterocycles. The molecule has 1 saturated heterocycles. The maximum Gasteiger partial charge on any atom is 0.245 e. The fourth-order valence-electron chi connectivity index (χ4n) is 2.23. The molecule has 1 unspecified atom stereocenters. The summed E-state index contributed by atoms with van der Waals surface area (Å²) in [5.74, 6) is 0.0310. The van der Waals surface area contributed by atoms with Gasteiger partial charge in [-0.05, 0) is 17.4 Å². The summed E-state index contributed by atoms with van der Waals surface area (Å²) >= 11 is 6.24. The molecule has 17 heavy (non-hydrogen) atoms. The lowest BCUT2D eigenvalue weighted by molar-refractivity contribution is -0.130. The number of benzene rings is 1. The molecule has 2 rings (SSSR count). The molecule has 0 aromatic heterocycles. The third kappa shape index (κ3) is 2.81. The number of alkyl halides is 1. The molecule has 0 radical (unpaired) electrons. The highest BCUT2D eigenvalue weighted by molar-refractivity contribution is 6.30. The third-order valence-electron chi connectivity index (χ3n) is 3.30. The molecule has 1 heterocycles. The smallest absolute Gasteiger partial charge is 0.245 e. The molecule has 0 saturated carbocycles. The molecule has 1 aromatic carbocycles. The van der Waals surface area contributed by atoms with Crippen molar-refractivity contribution in [3.8, 4) is 0 Å². The predicted octanol–water partition coefficient (Wildman–Crippen LogP) is 3.23. The van der Waals surface area contributed by atoms with Crippen molar-refractivity contribution in [1.29, 1.82) is 0 Å². The van der Waals surface area contributed by atoms with Gasteiger partial charge in [0.25, 0.3) is 0 Å². The van der Waals surface area contributed by atoms with Crippen molar-refractivity contribution in [2.75, 3.05) is 13.1 Å². The van der Waals surface area contributed by atoms with E-state index in [1.54, 1.807) is 0 Å². The molecule has 1 aliphatic rings. The van der Waals surface area contributed by atoms with Crippen LogP contribution in [0.3, 0.4) is 0 Å². The van der Waals surface area contributed by atoms with Gasteiger partial charge in [0.1, 0.15) is 5.38 Å². The molecule has 1 fully saturated rings. The number of amides is 1. The van der Waals surface area contributed by atoms with Crippen molar-refractivity contribution in [3.63, 3.8) is 0 Å². The summed E-state index contributed by atoms with van der Waals surface area (Å²) in [5, 5.41) is -0.551. The number of likely N-dealkylation sites (tertiary alicyclic amines) is 1. The van der Waals surface area contributed by atoms with Crippen molar-refractivity contribution in [3.05, 3.63) is 35.9 Å². The Bertz CT molecular complexity index is 402. The Hall–Kier alpha value is -1.02. The summed E-state index contributed by atoms with van der Waals surface area (Å²) in [6, 6.07) is 9.54. The molecule has 0 aliphatic carbocycles. The molecule has 3 heteroatoms. The Morgan fingerprint density at radius 3 is 2.53 bits per heavy atom. The van der Waals surface area contributed by atoms with Gasteiger partial charge in [-0.25, -0.2) is 0 Å². The maximum absolute atomic E-state index is 12.2. The van der Waals surface area contributed by atoms with Crippen molar-refractivity contribution < 1.29 is 4.79 Å².